The standard InChI is InChI=1S/C12H16FNO/c1-3-14-9(2)8-12(15)10-6-4-5-7-11(10)13/h4-7,9,14H,3,8H2,1-2H3. The summed E-state index contributed by atoms with van der Waals surface area (Å²) < 4.78 is 13.2. The summed E-state index contributed by atoms with van der Waals surface area (Å²) in [6, 6.07) is 6.18. The van der Waals surface area contributed by atoms with E-state index in [1.54, 1.807) is 12.1 Å². The predicted molar refractivity (Wildman–Crippen MR) is 58.5 cm³/mol. The number of hydrogen-bond donors (Lipinski definition) is 1. The zero-order chi connectivity index (χ0) is 11.3. The molecular weight excluding hydrogens is 193 g/mol. The molecule has 1 rings (SSSR count). The molecule has 1 N–H and O–H groups in total. The molecule has 0 aliphatic rings. The molecule has 0 amide bonds. The first kappa shape index (κ1) is 11.9. The number of Topliss-reactive ketones (excluding diaryl/α,β-unsaturated/α-hetero) is 1. The largest absolute Gasteiger partial charge is 0.314 e. The Bertz CT molecular complexity index is 338. The van der Waals surface area contributed by atoms with Crippen LogP contribution in [0.2, 0.25) is 0 Å². The van der Waals surface area contributed by atoms with Gasteiger partial charge in [0, 0.05) is 12.5 Å². The number of nitrogens with one attached hydrogen (secondary N) is 1. The minimum Gasteiger partial charge on any atom is -0.314 e. The summed E-state index contributed by atoms with van der Waals surface area (Å²) in [5, 5.41) is 3.12. The molecule has 82 valence electrons. The monoisotopic (exact) mass is 209 g/mol. The fraction of sp³-hybridized carbons (Fsp3) is 0.417. The summed E-state index contributed by atoms with van der Waals surface area (Å²) in [6.45, 7) is 4.71. The van der Waals surface area contributed by atoms with Gasteiger partial charge in [-0.05, 0) is 25.6 Å². The molecule has 1 aromatic rings. The van der Waals surface area contributed by atoms with Gasteiger partial charge in [-0.3, -0.25) is 4.79 Å². The van der Waals surface area contributed by atoms with Gasteiger partial charge in [0.1, 0.15) is 5.82 Å². The Morgan fingerprint density at radius 3 is 2.73 bits per heavy atom. The van der Waals surface area contributed by atoms with Gasteiger partial charge in [0.25, 0.3) is 0 Å². The second kappa shape index (κ2) is 5.61. The van der Waals surface area contributed by atoms with Crippen molar-refractivity contribution in [1.29, 1.82) is 0 Å². The lowest BCUT2D eigenvalue weighted by atomic mass is 10.0. The minimum absolute atomic E-state index is 0.0853. The Hall–Kier alpha value is -1.22. The summed E-state index contributed by atoms with van der Waals surface area (Å²) in [4.78, 5) is 11.7. The molecule has 1 atom stereocenters. The van der Waals surface area contributed by atoms with Gasteiger partial charge in [0.05, 0.1) is 5.56 Å². The normalized spacial score (nSPS) is 12.5. The molecule has 1 unspecified atom stereocenters. The Morgan fingerprint density at radius 2 is 2.13 bits per heavy atom. The van der Waals surface area contributed by atoms with Crippen molar-refractivity contribution in [3.8, 4) is 0 Å². The van der Waals surface area contributed by atoms with Gasteiger partial charge in [-0.15, -0.1) is 0 Å². The van der Waals surface area contributed by atoms with Gasteiger partial charge >= 0.3 is 0 Å². The van der Waals surface area contributed by atoms with Crippen LogP contribution < -0.4 is 5.32 Å². The maximum absolute atomic E-state index is 13.2. The van der Waals surface area contributed by atoms with E-state index in [1.807, 2.05) is 13.8 Å². The summed E-state index contributed by atoms with van der Waals surface area (Å²) in [7, 11) is 0. The average Bonchev–Trinajstić information content (AvgIpc) is 2.18. The molecule has 0 saturated carbocycles. The van der Waals surface area contributed by atoms with Crippen LogP contribution in [0.3, 0.4) is 0 Å². The quantitative estimate of drug-likeness (QED) is 0.754. The number of carbonyl (C=O) groups excluding carboxylic acids is 1. The van der Waals surface area contributed by atoms with Gasteiger partial charge in [-0.2, -0.15) is 0 Å². The molecule has 0 aromatic heterocycles. The lowest BCUT2D eigenvalue weighted by molar-refractivity contribution is 0.0968. The van der Waals surface area contributed by atoms with Crippen LogP contribution in [0, 0.1) is 5.82 Å². The second-order valence-electron chi connectivity index (χ2n) is 3.57. The molecule has 15 heavy (non-hydrogen) atoms. The first-order valence-electron chi connectivity index (χ1n) is 5.16. The molecule has 0 saturated heterocycles. The van der Waals surface area contributed by atoms with Crippen molar-refractivity contribution in [2.45, 2.75) is 26.3 Å². The van der Waals surface area contributed by atoms with Crippen LogP contribution in [0.1, 0.15) is 30.6 Å². The molecule has 0 heterocycles. The van der Waals surface area contributed by atoms with Crippen molar-refractivity contribution in [3.05, 3.63) is 35.6 Å². The zero-order valence-corrected chi connectivity index (χ0v) is 9.09. The summed E-state index contributed by atoms with van der Waals surface area (Å²) >= 11 is 0. The number of halogens is 1. The summed E-state index contributed by atoms with van der Waals surface area (Å²) in [5.74, 6) is -0.590. The van der Waals surface area contributed by atoms with Gasteiger partial charge in [0.2, 0.25) is 0 Å². The Kier molecular flexibility index (Phi) is 4.43. The first-order chi connectivity index (χ1) is 7.15. The second-order valence-corrected chi connectivity index (χ2v) is 3.57. The van der Waals surface area contributed by atoms with Crippen LogP contribution in [0.4, 0.5) is 4.39 Å². The molecule has 0 spiro atoms. The topological polar surface area (TPSA) is 29.1 Å². The summed E-state index contributed by atoms with van der Waals surface area (Å²) in [6.07, 6.45) is 0.328. The minimum atomic E-state index is -0.439. The number of rotatable bonds is 5. The van der Waals surface area contributed by atoms with Crippen molar-refractivity contribution in [1.82, 2.24) is 5.32 Å². The van der Waals surface area contributed by atoms with Crippen LogP contribution in [-0.2, 0) is 0 Å². The number of carbonyl (C=O) groups is 1. The van der Waals surface area contributed by atoms with E-state index < -0.39 is 5.82 Å². The van der Waals surface area contributed by atoms with Crippen molar-refractivity contribution in [2.75, 3.05) is 6.54 Å². The van der Waals surface area contributed by atoms with E-state index in [-0.39, 0.29) is 17.4 Å². The fourth-order valence-corrected chi connectivity index (χ4v) is 1.50. The van der Waals surface area contributed by atoms with Crippen molar-refractivity contribution < 1.29 is 9.18 Å². The third kappa shape index (κ3) is 3.44. The highest BCUT2D eigenvalue weighted by Crippen LogP contribution is 2.10. The maximum Gasteiger partial charge on any atom is 0.167 e. The van der Waals surface area contributed by atoms with Crippen LogP contribution in [-0.4, -0.2) is 18.4 Å². The lowest BCUT2D eigenvalue weighted by Gasteiger charge is -2.11. The van der Waals surface area contributed by atoms with E-state index in [2.05, 4.69) is 5.32 Å². The van der Waals surface area contributed by atoms with Crippen molar-refractivity contribution in [3.63, 3.8) is 0 Å². The Labute approximate surface area is 89.5 Å². The van der Waals surface area contributed by atoms with E-state index in [9.17, 15) is 9.18 Å². The number of ketones is 1. The van der Waals surface area contributed by atoms with E-state index >= 15 is 0 Å². The highest BCUT2D eigenvalue weighted by atomic mass is 19.1. The third-order valence-corrected chi connectivity index (χ3v) is 2.22. The smallest absolute Gasteiger partial charge is 0.167 e. The van der Waals surface area contributed by atoms with Crippen LogP contribution in [0.15, 0.2) is 24.3 Å². The van der Waals surface area contributed by atoms with Crippen LogP contribution in [0.25, 0.3) is 0 Å². The average molecular weight is 209 g/mol. The molecule has 0 fully saturated rings. The SMILES string of the molecule is CCNC(C)CC(=O)c1ccccc1F. The zero-order valence-electron chi connectivity index (χ0n) is 9.09. The van der Waals surface area contributed by atoms with E-state index in [4.69, 9.17) is 0 Å². The lowest BCUT2D eigenvalue weighted by Crippen LogP contribution is -2.28. The van der Waals surface area contributed by atoms with Crippen LogP contribution in [0.5, 0.6) is 0 Å². The molecule has 0 aliphatic carbocycles. The molecule has 0 aliphatic heterocycles. The number of hydrogen-bond acceptors (Lipinski definition) is 2. The first-order valence-corrected chi connectivity index (χ1v) is 5.16. The molecular formula is C12H16FNO. The van der Waals surface area contributed by atoms with Crippen molar-refractivity contribution in [2.24, 2.45) is 0 Å². The summed E-state index contributed by atoms with van der Waals surface area (Å²) in [5.41, 5.74) is 0.183. The van der Waals surface area contributed by atoms with Gasteiger partial charge in [0.15, 0.2) is 5.78 Å². The Morgan fingerprint density at radius 1 is 1.47 bits per heavy atom. The third-order valence-electron chi connectivity index (χ3n) is 2.22. The molecule has 2 nitrogen and oxygen atoms in total. The van der Waals surface area contributed by atoms with E-state index in [0.29, 0.717) is 6.42 Å². The fourth-order valence-electron chi connectivity index (χ4n) is 1.50. The van der Waals surface area contributed by atoms with E-state index in [0.717, 1.165) is 6.54 Å². The molecule has 1 aromatic carbocycles. The predicted octanol–water partition coefficient (Wildman–Crippen LogP) is 2.40. The Balaban J connectivity index is 2.65. The van der Waals surface area contributed by atoms with Gasteiger partial charge < -0.3 is 5.32 Å². The highest BCUT2D eigenvalue weighted by molar-refractivity contribution is 5.96. The maximum atomic E-state index is 13.2. The van der Waals surface area contributed by atoms with Gasteiger partial charge in [-0.25, -0.2) is 4.39 Å². The van der Waals surface area contributed by atoms with Crippen LogP contribution >= 0.6 is 0 Å². The molecule has 3 heteroatoms. The molecule has 0 bridgehead atoms. The molecule has 0 radical (unpaired) electrons. The number of benzene rings is 1. The van der Waals surface area contributed by atoms with Crippen molar-refractivity contribution >= 4 is 5.78 Å². The van der Waals surface area contributed by atoms with Gasteiger partial charge in [-0.1, -0.05) is 19.1 Å². The highest BCUT2D eigenvalue weighted by Gasteiger charge is 2.13. The van der Waals surface area contributed by atoms with E-state index in [1.165, 1.54) is 12.1 Å².